The first kappa shape index (κ1) is 25.3. The number of hydrogen-bond donors (Lipinski definition) is 1. The minimum atomic E-state index is -4.07. The van der Waals surface area contributed by atoms with Gasteiger partial charge in [-0.15, -0.1) is 0 Å². The standard InChI is InChI=1S/C26H21BrN2O6S/c1-15-4-9-20(10-5-15)36(33,34)35-23-11-7-18(14-22(23)27)13-21-24(30)28-26(32)29(25(21)31)19-8-6-16(2)17(3)12-19/h4-14H,1-3H3,(H,28,30,32)/b21-13+. The van der Waals surface area contributed by atoms with E-state index in [-0.39, 0.29) is 16.2 Å². The van der Waals surface area contributed by atoms with E-state index in [4.69, 9.17) is 4.18 Å². The van der Waals surface area contributed by atoms with Crippen LogP contribution in [-0.2, 0) is 19.7 Å². The summed E-state index contributed by atoms with van der Waals surface area (Å²) in [6.45, 7) is 5.60. The highest BCUT2D eigenvalue weighted by atomic mass is 79.9. The van der Waals surface area contributed by atoms with Crippen molar-refractivity contribution >= 4 is 55.7 Å². The van der Waals surface area contributed by atoms with Crippen molar-refractivity contribution in [2.75, 3.05) is 4.90 Å². The lowest BCUT2D eigenvalue weighted by molar-refractivity contribution is -0.122. The molecule has 0 unspecified atom stereocenters. The summed E-state index contributed by atoms with van der Waals surface area (Å²) in [7, 11) is -4.07. The minimum absolute atomic E-state index is 0.00627. The molecule has 0 spiro atoms. The van der Waals surface area contributed by atoms with E-state index < -0.39 is 28.0 Å². The molecule has 1 heterocycles. The largest absolute Gasteiger partial charge is 0.378 e. The summed E-state index contributed by atoms with van der Waals surface area (Å²) in [5.41, 5.74) is 3.29. The van der Waals surface area contributed by atoms with Crippen molar-refractivity contribution in [3.05, 3.63) is 93.0 Å². The van der Waals surface area contributed by atoms with Gasteiger partial charge in [0.05, 0.1) is 10.2 Å². The van der Waals surface area contributed by atoms with Crippen LogP contribution in [0.3, 0.4) is 0 Å². The van der Waals surface area contributed by atoms with Gasteiger partial charge < -0.3 is 4.18 Å². The molecule has 3 aromatic carbocycles. The molecule has 4 rings (SSSR count). The Kier molecular flexibility index (Phi) is 6.83. The maximum Gasteiger partial charge on any atom is 0.339 e. The first-order valence-electron chi connectivity index (χ1n) is 10.8. The molecule has 0 bridgehead atoms. The first-order chi connectivity index (χ1) is 17.0. The number of amides is 4. The molecular formula is C26H21BrN2O6S. The van der Waals surface area contributed by atoms with Crippen LogP contribution in [0.5, 0.6) is 5.75 Å². The van der Waals surface area contributed by atoms with E-state index in [9.17, 15) is 22.8 Å². The number of aryl methyl sites for hydroxylation is 3. The van der Waals surface area contributed by atoms with Crippen LogP contribution >= 0.6 is 15.9 Å². The fraction of sp³-hybridized carbons (Fsp3) is 0.115. The van der Waals surface area contributed by atoms with Gasteiger partial charge in [-0.1, -0.05) is 29.8 Å². The number of carbonyl (C=O) groups excluding carboxylic acids is 3. The molecule has 8 nitrogen and oxygen atoms in total. The average molecular weight is 569 g/mol. The average Bonchev–Trinajstić information content (AvgIpc) is 2.81. The Morgan fingerprint density at radius 3 is 2.22 bits per heavy atom. The van der Waals surface area contributed by atoms with Gasteiger partial charge >= 0.3 is 16.1 Å². The number of hydrogen-bond acceptors (Lipinski definition) is 6. The van der Waals surface area contributed by atoms with Gasteiger partial charge in [0.25, 0.3) is 11.8 Å². The molecule has 1 N–H and O–H groups in total. The fourth-order valence-electron chi connectivity index (χ4n) is 3.47. The number of halogens is 1. The van der Waals surface area contributed by atoms with Crippen molar-refractivity contribution in [1.82, 2.24) is 5.32 Å². The Balaban J connectivity index is 1.62. The number of nitrogens with zero attached hydrogens (tertiary/aromatic N) is 1. The predicted octanol–water partition coefficient (Wildman–Crippen LogP) is 4.81. The number of nitrogens with one attached hydrogen (secondary N) is 1. The van der Waals surface area contributed by atoms with Crippen molar-refractivity contribution < 1.29 is 27.0 Å². The Bertz CT molecular complexity index is 1550. The van der Waals surface area contributed by atoms with E-state index in [1.807, 2.05) is 20.8 Å². The molecule has 184 valence electrons. The molecule has 4 amide bonds. The number of benzene rings is 3. The second-order valence-corrected chi connectivity index (χ2v) is 10.7. The van der Waals surface area contributed by atoms with Crippen LogP contribution in [0.4, 0.5) is 10.5 Å². The van der Waals surface area contributed by atoms with Gasteiger partial charge in [-0.2, -0.15) is 8.42 Å². The molecule has 0 radical (unpaired) electrons. The molecule has 1 aliphatic rings. The van der Waals surface area contributed by atoms with E-state index >= 15 is 0 Å². The van der Waals surface area contributed by atoms with Gasteiger partial charge in [0.15, 0.2) is 5.75 Å². The molecule has 0 aromatic heterocycles. The van der Waals surface area contributed by atoms with Crippen LogP contribution in [0.2, 0.25) is 0 Å². The summed E-state index contributed by atoms with van der Waals surface area (Å²) >= 11 is 3.28. The third-order valence-corrected chi connectivity index (χ3v) is 7.49. The van der Waals surface area contributed by atoms with Crippen LogP contribution in [0, 0.1) is 20.8 Å². The summed E-state index contributed by atoms with van der Waals surface area (Å²) in [4.78, 5) is 39.0. The number of imide groups is 2. The van der Waals surface area contributed by atoms with Crippen molar-refractivity contribution in [3.63, 3.8) is 0 Å². The maximum absolute atomic E-state index is 13.1. The normalized spacial score (nSPS) is 15.3. The second kappa shape index (κ2) is 9.71. The Labute approximate surface area is 216 Å². The van der Waals surface area contributed by atoms with Crippen molar-refractivity contribution in [2.24, 2.45) is 0 Å². The first-order valence-corrected chi connectivity index (χ1v) is 13.0. The molecule has 1 fully saturated rings. The highest BCUT2D eigenvalue weighted by molar-refractivity contribution is 9.10. The van der Waals surface area contributed by atoms with Crippen molar-refractivity contribution in [2.45, 2.75) is 25.7 Å². The van der Waals surface area contributed by atoms with E-state index in [1.165, 1.54) is 36.4 Å². The smallest absolute Gasteiger partial charge is 0.339 e. The van der Waals surface area contributed by atoms with Gasteiger partial charge in [0.2, 0.25) is 0 Å². The summed E-state index contributed by atoms with van der Waals surface area (Å²) in [5, 5.41) is 2.19. The molecule has 36 heavy (non-hydrogen) atoms. The molecule has 0 saturated carbocycles. The number of urea groups is 1. The Hall–Kier alpha value is -3.76. The predicted molar refractivity (Wildman–Crippen MR) is 138 cm³/mol. The fourth-order valence-corrected chi connectivity index (χ4v) is 5.00. The lowest BCUT2D eigenvalue weighted by atomic mass is 10.1. The zero-order valence-electron chi connectivity index (χ0n) is 19.5. The second-order valence-electron chi connectivity index (χ2n) is 8.27. The summed E-state index contributed by atoms with van der Waals surface area (Å²) < 4.78 is 30.8. The SMILES string of the molecule is Cc1ccc(S(=O)(=O)Oc2ccc(/C=C3\C(=O)NC(=O)N(c4ccc(C)c(C)c4)C3=O)cc2Br)cc1. The van der Waals surface area contributed by atoms with Crippen LogP contribution in [0.25, 0.3) is 6.08 Å². The number of barbiturate groups is 1. The molecule has 10 heteroatoms. The Morgan fingerprint density at radius 2 is 1.58 bits per heavy atom. The minimum Gasteiger partial charge on any atom is -0.378 e. The molecular weight excluding hydrogens is 548 g/mol. The highest BCUT2D eigenvalue weighted by Gasteiger charge is 2.37. The lowest BCUT2D eigenvalue weighted by Crippen LogP contribution is -2.54. The maximum atomic E-state index is 13.1. The number of rotatable bonds is 5. The van der Waals surface area contributed by atoms with Gasteiger partial charge in [-0.3, -0.25) is 14.9 Å². The highest BCUT2D eigenvalue weighted by Crippen LogP contribution is 2.31. The van der Waals surface area contributed by atoms with E-state index in [0.29, 0.717) is 15.7 Å². The topological polar surface area (TPSA) is 110 Å². The summed E-state index contributed by atoms with van der Waals surface area (Å²) in [5.74, 6) is -1.57. The van der Waals surface area contributed by atoms with E-state index in [1.54, 1.807) is 30.3 Å². The van der Waals surface area contributed by atoms with Crippen LogP contribution < -0.4 is 14.4 Å². The van der Waals surface area contributed by atoms with Gasteiger partial charge in [0, 0.05) is 0 Å². The van der Waals surface area contributed by atoms with E-state index in [2.05, 4.69) is 21.2 Å². The lowest BCUT2D eigenvalue weighted by Gasteiger charge is -2.26. The number of anilines is 1. The Morgan fingerprint density at radius 1 is 0.889 bits per heavy atom. The van der Waals surface area contributed by atoms with Gasteiger partial charge in [0.1, 0.15) is 10.5 Å². The van der Waals surface area contributed by atoms with Crippen molar-refractivity contribution in [1.29, 1.82) is 0 Å². The summed E-state index contributed by atoms with van der Waals surface area (Å²) in [6, 6.07) is 14.9. The van der Waals surface area contributed by atoms with Crippen LogP contribution in [-0.4, -0.2) is 26.3 Å². The third-order valence-electron chi connectivity index (χ3n) is 5.63. The molecule has 1 aliphatic heterocycles. The third kappa shape index (κ3) is 5.09. The zero-order chi connectivity index (χ0) is 26.2. The van der Waals surface area contributed by atoms with E-state index in [0.717, 1.165) is 21.6 Å². The van der Waals surface area contributed by atoms with Crippen molar-refractivity contribution in [3.8, 4) is 5.75 Å². The molecule has 0 aliphatic carbocycles. The molecule has 3 aromatic rings. The number of carbonyl (C=O) groups is 3. The molecule has 1 saturated heterocycles. The molecule has 0 atom stereocenters. The monoisotopic (exact) mass is 568 g/mol. The van der Waals surface area contributed by atoms with Gasteiger partial charge in [-0.25, -0.2) is 9.69 Å². The van der Waals surface area contributed by atoms with Gasteiger partial charge in [-0.05, 0) is 95.9 Å². The van der Waals surface area contributed by atoms with Crippen LogP contribution in [0.15, 0.2) is 75.6 Å². The zero-order valence-corrected chi connectivity index (χ0v) is 21.9. The van der Waals surface area contributed by atoms with Crippen LogP contribution in [0.1, 0.15) is 22.3 Å². The quantitative estimate of drug-likeness (QED) is 0.269. The summed E-state index contributed by atoms with van der Waals surface area (Å²) in [6.07, 6.45) is 1.32.